The van der Waals surface area contributed by atoms with Gasteiger partial charge in [0.25, 0.3) is 0 Å². The van der Waals surface area contributed by atoms with Crippen molar-refractivity contribution in [2.75, 3.05) is 7.11 Å². The highest BCUT2D eigenvalue weighted by atomic mass is 35.5. The van der Waals surface area contributed by atoms with Crippen molar-refractivity contribution < 1.29 is 9.15 Å². The Balaban J connectivity index is 1.82. The van der Waals surface area contributed by atoms with Gasteiger partial charge in [0.1, 0.15) is 5.75 Å². The van der Waals surface area contributed by atoms with E-state index in [-0.39, 0.29) is 0 Å². The number of hydrogen-bond acceptors (Lipinski definition) is 4. The molecule has 110 valence electrons. The summed E-state index contributed by atoms with van der Waals surface area (Å²) in [6.45, 7) is 0. The van der Waals surface area contributed by atoms with Gasteiger partial charge in [-0.25, -0.2) is 0 Å². The number of aromatic nitrogens is 2. The second-order valence-electron chi connectivity index (χ2n) is 4.53. The molecule has 0 amide bonds. The molecule has 0 bridgehead atoms. The maximum atomic E-state index is 5.86. The van der Waals surface area contributed by atoms with Crippen LogP contribution in [0.1, 0.15) is 11.5 Å². The number of hydrogen-bond donors (Lipinski definition) is 0. The molecule has 0 fully saturated rings. The van der Waals surface area contributed by atoms with Gasteiger partial charge in [-0.2, -0.15) is 0 Å². The van der Waals surface area contributed by atoms with Crippen LogP contribution in [-0.4, -0.2) is 17.3 Å². The minimum Gasteiger partial charge on any atom is -0.496 e. The monoisotopic (exact) mass is 312 g/mol. The molecule has 3 rings (SSSR count). The lowest BCUT2D eigenvalue weighted by atomic mass is 10.2. The van der Waals surface area contributed by atoms with E-state index in [4.69, 9.17) is 20.8 Å². The lowest BCUT2D eigenvalue weighted by molar-refractivity contribution is 0.414. The minimum atomic E-state index is 0.427. The van der Waals surface area contributed by atoms with Crippen molar-refractivity contribution in [2.45, 2.75) is 0 Å². The van der Waals surface area contributed by atoms with Crippen LogP contribution in [0.15, 0.2) is 52.9 Å². The molecule has 22 heavy (non-hydrogen) atoms. The van der Waals surface area contributed by atoms with Gasteiger partial charge in [-0.1, -0.05) is 29.8 Å². The molecule has 0 aliphatic rings. The van der Waals surface area contributed by atoms with Crippen LogP contribution in [0.4, 0.5) is 0 Å². The van der Waals surface area contributed by atoms with Crippen molar-refractivity contribution in [2.24, 2.45) is 0 Å². The summed E-state index contributed by atoms with van der Waals surface area (Å²) >= 11 is 5.86. The molecule has 4 nitrogen and oxygen atoms in total. The molecule has 0 N–H and O–H groups in total. The normalized spacial score (nSPS) is 11.0. The van der Waals surface area contributed by atoms with E-state index in [1.807, 2.05) is 42.5 Å². The van der Waals surface area contributed by atoms with E-state index < -0.39 is 0 Å². The Kier molecular flexibility index (Phi) is 4.21. The van der Waals surface area contributed by atoms with Crippen molar-refractivity contribution in [3.63, 3.8) is 0 Å². The first-order chi connectivity index (χ1) is 10.8. The third-order valence-corrected chi connectivity index (χ3v) is 3.33. The van der Waals surface area contributed by atoms with Crippen molar-refractivity contribution in [3.05, 3.63) is 65.0 Å². The largest absolute Gasteiger partial charge is 0.496 e. The van der Waals surface area contributed by atoms with Crippen LogP contribution in [0.2, 0.25) is 5.02 Å². The number of para-hydroxylation sites is 1. The zero-order chi connectivity index (χ0) is 15.4. The predicted molar refractivity (Wildman–Crippen MR) is 86.7 cm³/mol. The van der Waals surface area contributed by atoms with Crippen LogP contribution in [0.25, 0.3) is 23.6 Å². The maximum Gasteiger partial charge on any atom is 0.248 e. The lowest BCUT2D eigenvalue weighted by Crippen LogP contribution is -1.85. The zero-order valence-corrected chi connectivity index (χ0v) is 12.6. The van der Waals surface area contributed by atoms with Gasteiger partial charge in [-0.15, -0.1) is 10.2 Å². The first-order valence-electron chi connectivity index (χ1n) is 6.67. The zero-order valence-electron chi connectivity index (χ0n) is 11.9. The van der Waals surface area contributed by atoms with Crippen molar-refractivity contribution in [1.82, 2.24) is 10.2 Å². The fourth-order valence-corrected chi connectivity index (χ4v) is 2.10. The first-order valence-corrected chi connectivity index (χ1v) is 7.04. The van der Waals surface area contributed by atoms with E-state index in [0.29, 0.717) is 16.8 Å². The molecule has 0 atom stereocenters. The van der Waals surface area contributed by atoms with Crippen molar-refractivity contribution in [3.8, 4) is 17.2 Å². The average molecular weight is 313 g/mol. The van der Waals surface area contributed by atoms with Crippen molar-refractivity contribution in [1.29, 1.82) is 0 Å². The van der Waals surface area contributed by atoms with Gasteiger partial charge in [0.2, 0.25) is 11.8 Å². The molecule has 0 saturated heterocycles. The Morgan fingerprint density at radius 2 is 1.77 bits per heavy atom. The molecule has 0 saturated carbocycles. The molecular weight excluding hydrogens is 300 g/mol. The van der Waals surface area contributed by atoms with Gasteiger partial charge in [-0.3, -0.25) is 0 Å². The summed E-state index contributed by atoms with van der Waals surface area (Å²) in [5, 5.41) is 8.70. The molecule has 0 aliphatic carbocycles. The Morgan fingerprint density at radius 3 is 2.55 bits per heavy atom. The van der Waals surface area contributed by atoms with Gasteiger partial charge in [-0.05, 0) is 36.4 Å². The predicted octanol–water partition coefficient (Wildman–Crippen LogP) is 4.57. The lowest BCUT2D eigenvalue weighted by Gasteiger charge is -2.02. The standard InChI is InChI=1S/C17H13ClN2O2/c1-21-15-5-3-2-4-12(15)8-11-16-19-20-17(22-16)13-6-9-14(18)10-7-13/h2-11H,1H3/b11-8+. The Bertz CT molecular complexity index is 794. The van der Waals surface area contributed by atoms with Gasteiger partial charge >= 0.3 is 0 Å². The summed E-state index contributed by atoms with van der Waals surface area (Å²) in [6.07, 6.45) is 3.63. The molecule has 0 unspecified atom stereocenters. The summed E-state index contributed by atoms with van der Waals surface area (Å²) in [7, 11) is 1.64. The van der Waals surface area contributed by atoms with Gasteiger partial charge in [0, 0.05) is 22.2 Å². The van der Waals surface area contributed by atoms with E-state index >= 15 is 0 Å². The first kappa shape index (κ1) is 14.4. The number of methoxy groups -OCH3 is 1. The highest BCUT2D eigenvalue weighted by molar-refractivity contribution is 6.30. The van der Waals surface area contributed by atoms with Crippen LogP contribution in [0.3, 0.4) is 0 Å². The van der Waals surface area contributed by atoms with Crippen LogP contribution < -0.4 is 4.74 Å². The van der Waals surface area contributed by atoms with Crippen LogP contribution in [0, 0.1) is 0 Å². The van der Waals surface area contributed by atoms with Crippen LogP contribution in [-0.2, 0) is 0 Å². The third-order valence-electron chi connectivity index (χ3n) is 3.08. The molecule has 0 radical (unpaired) electrons. The molecule has 0 spiro atoms. The smallest absolute Gasteiger partial charge is 0.248 e. The minimum absolute atomic E-state index is 0.427. The average Bonchev–Trinajstić information content (AvgIpc) is 3.03. The highest BCUT2D eigenvalue weighted by Crippen LogP contribution is 2.22. The summed E-state index contributed by atoms with van der Waals surface area (Å²) in [6, 6.07) is 14.9. The van der Waals surface area contributed by atoms with E-state index in [1.54, 1.807) is 25.3 Å². The summed E-state index contributed by atoms with van der Waals surface area (Å²) in [5.41, 5.74) is 1.77. The highest BCUT2D eigenvalue weighted by Gasteiger charge is 2.06. The number of halogens is 1. The van der Waals surface area contributed by atoms with Gasteiger partial charge in [0.05, 0.1) is 7.11 Å². The molecule has 0 aliphatic heterocycles. The Labute approximate surface area is 133 Å². The SMILES string of the molecule is COc1ccccc1/C=C/c1nnc(-c2ccc(Cl)cc2)o1. The summed E-state index contributed by atoms with van der Waals surface area (Å²) < 4.78 is 10.9. The third kappa shape index (κ3) is 3.18. The Morgan fingerprint density at radius 1 is 1.00 bits per heavy atom. The molecule has 3 aromatic rings. The number of benzene rings is 2. The molecule has 1 heterocycles. The second kappa shape index (κ2) is 6.45. The van der Waals surface area contributed by atoms with Crippen LogP contribution >= 0.6 is 11.6 Å². The van der Waals surface area contributed by atoms with Gasteiger partial charge < -0.3 is 9.15 Å². The number of ether oxygens (including phenoxy) is 1. The van der Waals surface area contributed by atoms with E-state index in [0.717, 1.165) is 16.9 Å². The number of rotatable bonds is 4. The fraction of sp³-hybridized carbons (Fsp3) is 0.0588. The Hall–Kier alpha value is -2.59. The van der Waals surface area contributed by atoms with E-state index in [2.05, 4.69) is 10.2 Å². The summed E-state index contributed by atoms with van der Waals surface area (Å²) in [4.78, 5) is 0. The van der Waals surface area contributed by atoms with E-state index in [9.17, 15) is 0 Å². The molecule has 1 aromatic heterocycles. The molecule has 5 heteroatoms. The quantitative estimate of drug-likeness (QED) is 0.708. The fourth-order valence-electron chi connectivity index (χ4n) is 1.98. The maximum absolute atomic E-state index is 5.86. The number of nitrogens with zero attached hydrogens (tertiary/aromatic N) is 2. The molecular formula is C17H13ClN2O2. The second-order valence-corrected chi connectivity index (χ2v) is 4.96. The van der Waals surface area contributed by atoms with E-state index in [1.165, 1.54) is 0 Å². The summed E-state index contributed by atoms with van der Waals surface area (Å²) in [5.74, 6) is 1.67. The van der Waals surface area contributed by atoms with Crippen LogP contribution in [0.5, 0.6) is 5.75 Å². The topological polar surface area (TPSA) is 48.2 Å². The molecule has 2 aromatic carbocycles. The van der Waals surface area contributed by atoms with Crippen molar-refractivity contribution >= 4 is 23.8 Å². The van der Waals surface area contributed by atoms with Gasteiger partial charge in [0.15, 0.2) is 0 Å².